The fraction of sp³-hybridized carbons (Fsp3) is 0.130. The van der Waals surface area contributed by atoms with E-state index in [1.54, 1.807) is 23.9 Å². The van der Waals surface area contributed by atoms with E-state index in [1.807, 2.05) is 34.9 Å². The van der Waals surface area contributed by atoms with Gasteiger partial charge in [-0.15, -0.1) is 10.2 Å². The highest BCUT2D eigenvalue weighted by Gasteiger charge is 2.16. The molecule has 0 amide bonds. The summed E-state index contributed by atoms with van der Waals surface area (Å²) in [6, 6.07) is 22.9. The third-order valence-electron chi connectivity index (χ3n) is 4.69. The Kier molecular flexibility index (Phi) is 5.26. The molecule has 0 fully saturated rings. The van der Waals surface area contributed by atoms with Gasteiger partial charge >= 0.3 is 0 Å². The highest BCUT2D eigenvalue weighted by Crippen LogP contribution is 2.30. The molecule has 5 heteroatoms. The first-order valence-corrected chi connectivity index (χ1v) is 10.1. The fourth-order valence-electron chi connectivity index (χ4n) is 3.00. The molecule has 0 saturated carbocycles. The van der Waals surface area contributed by atoms with Gasteiger partial charge in [0.1, 0.15) is 5.82 Å². The average molecular weight is 389 g/mol. The van der Waals surface area contributed by atoms with E-state index in [-0.39, 0.29) is 5.82 Å². The summed E-state index contributed by atoms with van der Waals surface area (Å²) >= 11 is 1.64. The molecule has 0 radical (unpaired) electrons. The molecule has 140 valence electrons. The van der Waals surface area contributed by atoms with Crippen molar-refractivity contribution in [2.24, 2.45) is 0 Å². The van der Waals surface area contributed by atoms with E-state index in [1.165, 1.54) is 28.8 Å². The number of benzene rings is 3. The lowest BCUT2D eigenvalue weighted by molar-refractivity contribution is 0.628. The monoisotopic (exact) mass is 389 g/mol. The van der Waals surface area contributed by atoms with E-state index in [0.29, 0.717) is 5.82 Å². The highest BCUT2D eigenvalue weighted by atomic mass is 32.2. The summed E-state index contributed by atoms with van der Waals surface area (Å²) in [5, 5.41) is 9.64. The molecule has 1 heterocycles. The van der Waals surface area contributed by atoms with Crippen LogP contribution in [0.25, 0.3) is 17.1 Å². The molecule has 0 atom stereocenters. The van der Waals surface area contributed by atoms with E-state index >= 15 is 0 Å². The molecular formula is C23H20FN3S. The van der Waals surface area contributed by atoms with Gasteiger partial charge in [-0.2, -0.15) is 0 Å². The Bertz CT molecular complexity index is 1090. The fourth-order valence-corrected chi connectivity index (χ4v) is 3.90. The molecule has 0 aliphatic heterocycles. The molecule has 0 N–H and O–H groups in total. The molecule has 0 spiro atoms. The van der Waals surface area contributed by atoms with Crippen molar-refractivity contribution in [3.05, 3.63) is 95.3 Å². The Morgan fingerprint density at radius 2 is 1.61 bits per heavy atom. The van der Waals surface area contributed by atoms with Crippen molar-refractivity contribution >= 4 is 11.8 Å². The highest BCUT2D eigenvalue weighted by molar-refractivity contribution is 7.98. The quantitative estimate of drug-likeness (QED) is 0.393. The molecule has 28 heavy (non-hydrogen) atoms. The second-order valence-corrected chi connectivity index (χ2v) is 7.63. The van der Waals surface area contributed by atoms with Crippen LogP contribution in [0.3, 0.4) is 0 Å². The normalized spacial score (nSPS) is 11.0. The zero-order valence-electron chi connectivity index (χ0n) is 15.8. The van der Waals surface area contributed by atoms with Crippen LogP contribution < -0.4 is 0 Å². The van der Waals surface area contributed by atoms with E-state index in [4.69, 9.17) is 0 Å². The number of thioether (sulfide) groups is 1. The summed E-state index contributed by atoms with van der Waals surface area (Å²) in [5.41, 5.74) is 5.64. The van der Waals surface area contributed by atoms with Gasteiger partial charge in [0.25, 0.3) is 0 Å². The predicted octanol–water partition coefficient (Wildman–Crippen LogP) is 5.98. The number of aromatic nitrogens is 3. The van der Waals surface area contributed by atoms with Crippen molar-refractivity contribution in [1.29, 1.82) is 0 Å². The van der Waals surface area contributed by atoms with Crippen LogP contribution in [0.2, 0.25) is 0 Å². The maximum Gasteiger partial charge on any atom is 0.196 e. The number of rotatable bonds is 5. The van der Waals surface area contributed by atoms with Crippen molar-refractivity contribution in [1.82, 2.24) is 14.8 Å². The van der Waals surface area contributed by atoms with Gasteiger partial charge in [-0.25, -0.2) is 4.39 Å². The molecule has 4 rings (SSSR count). The number of para-hydroxylation sites is 1. The Labute approximate surface area is 168 Å². The molecule has 0 saturated heterocycles. The Morgan fingerprint density at radius 3 is 2.32 bits per heavy atom. The minimum absolute atomic E-state index is 0.265. The number of halogens is 1. The van der Waals surface area contributed by atoms with Gasteiger partial charge in [0, 0.05) is 17.0 Å². The summed E-state index contributed by atoms with van der Waals surface area (Å²) in [6.07, 6.45) is 0. The first-order chi connectivity index (χ1) is 13.6. The minimum atomic E-state index is -0.265. The van der Waals surface area contributed by atoms with E-state index in [2.05, 4.69) is 42.2 Å². The summed E-state index contributed by atoms with van der Waals surface area (Å²) in [6.45, 7) is 4.25. The molecule has 1 aromatic heterocycles. The van der Waals surface area contributed by atoms with Crippen LogP contribution in [0.1, 0.15) is 16.7 Å². The van der Waals surface area contributed by atoms with E-state index < -0.39 is 0 Å². The zero-order chi connectivity index (χ0) is 19.5. The molecular weight excluding hydrogens is 369 g/mol. The van der Waals surface area contributed by atoms with Crippen molar-refractivity contribution in [2.75, 3.05) is 0 Å². The topological polar surface area (TPSA) is 30.7 Å². The van der Waals surface area contributed by atoms with Gasteiger partial charge < -0.3 is 0 Å². The maximum absolute atomic E-state index is 13.4. The van der Waals surface area contributed by atoms with E-state index in [0.717, 1.165) is 22.2 Å². The smallest absolute Gasteiger partial charge is 0.196 e. The van der Waals surface area contributed by atoms with Crippen LogP contribution in [0.5, 0.6) is 0 Å². The van der Waals surface area contributed by atoms with Crippen molar-refractivity contribution in [3.63, 3.8) is 0 Å². The lowest BCUT2D eigenvalue weighted by Gasteiger charge is -2.11. The molecule has 0 bridgehead atoms. The Balaban J connectivity index is 1.70. The molecule has 3 nitrogen and oxygen atoms in total. The number of nitrogens with zero attached hydrogens (tertiary/aromatic N) is 3. The summed E-state index contributed by atoms with van der Waals surface area (Å²) < 4.78 is 15.4. The number of hydrogen-bond acceptors (Lipinski definition) is 3. The van der Waals surface area contributed by atoms with Crippen LogP contribution >= 0.6 is 11.8 Å². The average Bonchev–Trinajstić information content (AvgIpc) is 3.14. The molecule has 0 aliphatic rings. The number of aryl methyl sites for hydroxylation is 2. The minimum Gasteiger partial charge on any atom is -0.270 e. The van der Waals surface area contributed by atoms with Gasteiger partial charge in [-0.3, -0.25) is 4.57 Å². The second kappa shape index (κ2) is 7.98. The molecule has 0 unspecified atom stereocenters. The van der Waals surface area contributed by atoms with Crippen LogP contribution in [0.4, 0.5) is 4.39 Å². The summed E-state index contributed by atoms with van der Waals surface area (Å²) in [4.78, 5) is 0. The van der Waals surface area contributed by atoms with Crippen molar-refractivity contribution in [2.45, 2.75) is 24.8 Å². The Hall–Kier alpha value is -2.92. The summed E-state index contributed by atoms with van der Waals surface area (Å²) in [5.74, 6) is 1.24. The van der Waals surface area contributed by atoms with Gasteiger partial charge in [0.2, 0.25) is 0 Å². The predicted molar refractivity (Wildman–Crippen MR) is 112 cm³/mol. The first kappa shape index (κ1) is 18.4. The second-order valence-electron chi connectivity index (χ2n) is 6.69. The molecule has 3 aromatic carbocycles. The maximum atomic E-state index is 13.4. The lowest BCUT2D eigenvalue weighted by Crippen LogP contribution is -1.99. The van der Waals surface area contributed by atoms with Crippen LogP contribution in [0.15, 0.2) is 78.0 Å². The number of hydrogen-bond donors (Lipinski definition) is 0. The summed E-state index contributed by atoms with van der Waals surface area (Å²) in [7, 11) is 0. The molecule has 4 aromatic rings. The van der Waals surface area contributed by atoms with Crippen molar-refractivity contribution < 1.29 is 4.39 Å². The lowest BCUT2D eigenvalue weighted by atomic mass is 10.1. The molecule has 0 aliphatic carbocycles. The van der Waals surface area contributed by atoms with Gasteiger partial charge in [-0.05, 0) is 66.9 Å². The van der Waals surface area contributed by atoms with Crippen LogP contribution in [0, 0.1) is 19.7 Å². The Morgan fingerprint density at radius 1 is 0.857 bits per heavy atom. The zero-order valence-corrected chi connectivity index (χ0v) is 16.6. The van der Waals surface area contributed by atoms with Crippen LogP contribution in [-0.4, -0.2) is 14.8 Å². The standard InChI is InChI=1S/C23H20FN3S/c1-16-8-9-18(14-17(16)2)15-28-23-26-25-22(19-10-12-20(24)13-11-19)27(23)21-6-4-3-5-7-21/h3-14H,15H2,1-2H3. The van der Waals surface area contributed by atoms with Gasteiger partial charge in [0.05, 0.1) is 0 Å². The van der Waals surface area contributed by atoms with Crippen molar-refractivity contribution in [3.8, 4) is 17.1 Å². The third-order valence-corrected chi connectivity index (χ3v) is 5.69. The SMILES string of the molecule is Cc1ccc(CSc2nnc(-c3ccc(F)cc3)n2-c2ccccc2)cc1C. The van der Waals surface area contributed by atoms with Gasteiger partial charge in [0.15, 0.2) is 11.0 Å². The van der Waals surface area contributed by atoms with E-state index in [9.17, 15) is 4.39 Å². The van der Waals surface area contributed by atoms with Gasteiger partial charge in [-0.1, -0.05) is 48.2 Å². The first-order valence-electron chi connectivity index (χ1n) is 9.07. The largest absolute Gasteiger partial charge is 0.270 e. The van der Waals surface area contributed by atoms with Crippen LogP contribution in [-0.2, 0) is 5.75 Å². The third kappa shape index (κ3) is 3.85.